The topological polar surface area (TPSA) is 44.1 Å². The monoisotopic (exact) mass is 366 g/mol. The lowest BCUT2D eigenvalue weighted by Gasteiger charge is -2.24. The van der Waals surface area contributed by atoms with Crippen molar-refractivity contribution in [1.82, 2.24) is 9.78 Å². The van der Waals surface area contributed by atoms with Gasteiger partial charge in [-0.05, 0) is 34.5 Å². The van der Waals surface area contributed by atoms with Gasteiger partial charge in [0.1, 0.15) is 11.4 Å². The normalized spacial score (nSPS) is 17.1. The minimum atomic E-state index is -0.464. The fraction of sp³-hybridized carbons (Fsp3) is 0.333. The van der Waals surface area contributed by atoms with E-state index in [1.807, 2.05) is 24.3 Å². The first-order valence-corrected chi connectivity index (χ1v) is 8.62. The van der Waals surface area contributed by atoms with Crippen LogP contribution in [-0.2, 0) is 6.54 Å². The molecule has 0 bridgehead atoms. The first-order valence-electron chi connectivity index (χ1n) is 6.84. The molecule has 0 amide bonds. The summed E-state index contributed by atoms with van der Waals surface area (Å²) in [5.74, 6) is 1.39. The Hall–Kier alpha value is -1.27. The van der Waals surface area contributed by atoms with Crippen LogP contribution < -0.4 is 4.74 Å². The van der Waals surface area contributed by atoms with Gasteiger partial charge in [-0.3, -0.25) is 9.48 Å². The zero-order chi connectivity index (χ0) is 14.8. The highest BCUT2D eigenvalue weighted by molar-refractivity contribution is 9.10. The number of para-hydroxylation sites is 1. The summed E-state index contributed by atoms with van der Waals surface area (Å²) in [6.45, 7) is 2.79. The largest absolute Gasteiger partial charge is 0.480 e. The van der Waals surface area contributed by atoms with E-state index in [1.165, 1.54) is 0 Å². The van der Waals surface area contributed by atoms with Crippen LogP contribution >= 0.6 is 27.7 Å². The van der Waals surface area contributed by atoms with Crippen molar-refractivity contribution in [3.63, 3.8) is 0 Å². The van der Waals surface area contributed by atoms with Crippen LogP contribution in [0.25, 0.3) is 0 Å². The molecule has 2 heterocycles. The zero-order valence-electron chi connectivity index (χ0n) is 11.6. The van der Waals surface area contributed by atoms with E-state index in [1.54, 1.807) is 22.6 Å². The zero-order valence-corrected chi connectivity index (χ0v) is 14.0. The molecule has 0 N–H and O–H groups in total. The molecule has 1 atom stereocenters. The highest BCUT2D eigenvalue weighted by Crippen LogP contribution is 2.36. The van der Waals surface area contributed by atoms with Crippen molar-refractivity contribution in [1.29, 1.82) is 0 Å². The highest BCUT2D eigenvalue weighted by Gasteiger charge is 2.31. The van der Waals surface area contributed by atoms with Gasteiger partial charge in [-0.1, -0.05) is 19.1 Å². The molecule has 110 valence electrons. The van der Waals surface area contributed by atoms with Gasteiger partial charge in [-0.25, -0.2) is 0 Å². The molecule has 1 aromatic heterocycles. The molecule has 1 aliphatic heterocycles. The van der Waals surface area contributed by atoms with Crippen molar-refractivity contribution in [2.24, 2.45) is 0 Å². The standard InChI is InChI=1S/C15H15BrN2O2S/c1-2-7-18-14(10(16)8-17-18)15(19)12-9-21-13-6-4-3-5-11(13)20-12/h3-6,8,12H,2,7,9H2,1H3. The van der Waals surface area contributed by atoms with E-state index in [0.29, 0.717) is 11.4 Å². The number of aromatic nitrogens is 2. The van der Waals surface area contributed by atoms with Crippen LogP contribution in [0.15, 0.2) is 39.8 Å². The Morgan fingerprint density at radius 3 is 3.14 bits per heavy atom. The van der Waals surface area contributed by atoms with Crippen LogP contribution in [0.3, 0.4) is 0 Å². The van der Waals surface area contributed by atoms with Gasteiger partial charge >= 0.3 is 0 Å². The second-order valence-corrected chi connectivity index (χ2v) is 6.71. The fourth-order valence-corrected chi connectivity index (χ4v) is 3.77. The molecule has 0 spiro atoms. The predicted octanol–water partition coefficient (Wildman–Crippen LogP) is 3.79. The predicted molar refractivity (Wildman–Crippen MR) is 86.1 cm³/mol. The molecule has 0 aliphatic carbocycles. The number of nitrogens with zero attached hydrogens (tertiary/aromatic N) is 2. The number of fused-ring (bicyclic) bond motifs is 1. The summed E-state index contributed by atoms with van der Waals surface area (Å²) in [7, 11) is 0. The summed E-state index contributed by atoms with van der Waals surface area (Å²) in [5.41, 5.74) is 0.599. The molecule has 0 fully saturated rings. The number of aryl methyl sites for hydroxylation is 1. The van der Waals surface area contributed by atoms with E-state index in [0.717, 1.165) is 28.1 Å². The van der Waals surface area contributed by atoms with Gasteiger partial charge in [0.15, 0.2) is 6.10 Å². The van der Waals surface area contributed by atoms with Gasteiger partial charge in [0, 0.05) is 17.2 Å². The third-order valence-electron chi connectivity index (χ3n) is 3.26. The molecule has 1 aliphatic rings. The lowest BCUT2D eigenvalue weighted by Crippen LogP contribution is -2.34. The molecule has 2 aromatic rings. The number of hydrogen-bond donors (Lipinski definition) is 0. The number of ketones is 1. The lowest BCUT2D eigenvalue weighted by molar-refractivity contribution is 0.0802. The Balaban J connectivity index is 1.85. The first-order chi connectivity index (χ1) is 10.2. The molecule has 3 rings (SSSR count). The third kappa shape index (κ3) is 2.87. The number of carbonyl (C=O) groups excluding carboxylic acids is 1. The summed E-state index contributed by atoms with van der Waals surface area (Å²) in [6, 6.07) is 7.81. The molecule has 0 saturated heterocycles. The van der Waals surface area contributed by atoms with Gasteiger partial charge in [-0.15, -0.1) is 11.8 Å². The fourth-order valence-electron chi connectivity index (χ4n) is 2.29. The number of hydrogen-bond acceptors (Lipinski definition) is 4. The molecule has 0 saturated carbocycles. The Kier molecular flexibility index (Phi) is 4.35. The SMILES string of the molecule is CCCn1ncc(Br)c1C(=O)C1CSc2ccccc2O1. The molecular weight excluding hydrogens is 352 g/mol. The number of ether oxygens (including phenoxy) is 1. The van der Waals surface area contributed by atoms with Crippen molar-refractivity contribution >= 4 is 33.5 Å². The van der Waals surface area contributed by atoms with Crippen LogP contribution in [-0.4, -0.2) is 27.4 Å². The number of halogens is 1. The van der Waals surface area contributed by atoms with Gasteiger partial charge in [-0.2, -0.15) is 5.10 Å². The van der Waals surface area contributed by atoms with Crippen molar-refractivity contribution in [3.8, 4) is 5.75 Å². The van der Waals surface area contributed by atoms with E-state index < -0.39 is 6.10 Å². The van der Waals surface area contributed by atoms with Gasteiger partial charge in [0.25, 0.3) is 0 Å². The van der Waals surface area contributed by atoms with Crippen LogP contribution in [0.5, 0.6) is 5.75 Å². The second-order valence-electron chi connectivity index (χ2n) is 4.79. The van der Waals surface area contributed by atoms with Crippen molar-refractivity contribution in [2.45, 2.75) is 30.9 Å². The molecule has 0 radical (unpaired) electrons. The Morgan fingerprint density at radius 2 is 2.33 bits per heavy atom. The number of rotatable bonds is 4. The van der Waals surface area contributed by atoms with E-state index in [4.69, 9.17) is 4.74 Å². The van der Waals surface area contributed by atoms with Crippen LogP contribution in [0, 0.1) is 0 Å². The van der Waals surface area contributed by atoms with E-state index in [2.05, 4.69) is 28.0 Å². The summed E-state index contributed by atoms with van der Waals surface area (Å²) in [6.07, 6.45) is 2.14. The Labute approximate surface area is 136 Å². The van der Waals surface area contributed by atoms with Crippen molar-refractivity contribution in [2.75, 3.05) is 5.75 Å². The molecule has 6 heteroatoms. The maximum Gasteiger partial charge on any atom is 0.223 e. The number of benzene rings is 1. The van der Waals surface area contributed by atoms with Crippen LogP contribution in [0.2, 0.25) is 0 Å². The van der Waals surface area contributed by atoms with Gasteiger partial charge < -0.3 is 4.74 Å². The van der Waals surface area contributed by atoms with Gasteiger partial charge in [0.2, 0.25) is 5.78 Å². The summed E-state index contributed by atoms with van der Waals surface area (Å²) >= 11 is 5.08. The van der Waals surface area contributed by atoms with E-state index >= 15 is 0 Å². The smallest absolute Gasteiger partial charge is 0.223 e. The molecule has 4 nitrogen and oxygen atoms in total. The Morgan fingerprint density at radius 1 is 1.52 bits per heavy atom. The van der Waals surface area contributed by atoms with Crippen LogP contribution in [0.1, 0.15) is 23.8 Å². The van der Waals surface area contributed by atoms with Crippen molar-refractivity contribution < 1.29 is 9.53 Å². The summed E-state index contributed by atoms with van der Waals surface area (Å²) in [4.78, 5) is 13.8. The molecule has 1 aromatic carbocycles. The molecule has 21 heavy (non-hydrogen) atoms. The maximum atomic E-state index is 12.8. The number of carbonyl (C=O) groups is 1. The second kappa shape index (κ2) is 6.23. The average Bonchev–Trinajstić information content (AvgIpc) is 2.87. The summed E-state index contributed by atoms with van der Waals surface area (Å²) in [5, 5.41) is 4.25. The molecular formula is C15H15BrN2O2S. The van der Waals surface area contributed by atoms with Crippen molar-refractivity contribution in [3.05, 3.63) is 40.6 Å². The van der Waals surface area contributed by atoms with E-state index in [9.17, 15) is 4.79 Å². The van der Waals surface area contributed by atoms with Gasteiger partial charge in [0.05, 0.1) is 10.7 Å². The Bertz CT molecular complexity index is 671. The van der Waals surface area contributed by atoms with Crippen LogP contribution in [0.4, 0.5) is 0 Å². The highest BCUT2D eigenvalue weighted by atomic mass is 79.9. The number of Topliss-reactive ketones (excluding diaryl/α,β-unsaturated/α-hetero) is 1. The maximum absolute atomic E-state index is 12.8. The minimum absolute atomic E-state index is 0.0187. The lowest BCUT2D eigenvalue weighted by atomic mass is 10.2. The average molecular weight is 367 g/mol. The third-order valence-corrected chi connectivity index (χ3v) is 4.96. The minimum Gasteiger partial charge on any atom is -0.480 e. The quantitative estimate of drug-likeness (QED) is 0.772. The number of thioether (sulfide) groups is 1. The van der Waals surface area contributed by atoms with E-state index in [-0.39, 0.29) is 5.78 Å². The first kappa shape index (κ1) is 14.7. The molecule has 1 unspecified atom stereocenters. The summed E-state index contributed by atoms with van der Waals surface area (Å²) < 4.78 is 8.35.